The number of hydrogen-bond acceptors (Lipinski definition) is 5. The molecule has 170 valence electrons. The van der Waals surface area contributed by atoms with Gasteiger partial charge in [-0.2, -0.15) is 0 Å². The predicted octanol–water partition coefficient (Wildman–Crippen LogP) is 3.59. The van der Waals surface area contributed by atoms with E-state index in [2.05, 4.69) is 5.32 Å². The van der Waals surface area contributed by atoms with Crippen molar-refractivity contribution in [1.29, 1.82) is 0 Å². The lowest BCUT2D eigenvalue weighted by molar-refractivity contribution is -0.111. The van der Waals surface area contributed by atoms with Gasteiger partial charge >= 0.3 is 0 Å². The number of nitrogens with one attached hydrogen (secondary N) is 1. The minimum atomic E-state index is -3.32. The van der Waals surface area contributed by atoms with E-state index in [4.69, 9.17) is 0 Å². The fourth-order valence-corrected chi connectivity index (χ4v) is 7.57. The van der Waals surface area contributed by atoms with Gasteiger partial charge in [0.2, 0.25) is 15.9 Å². The monoisotopic (exact) mass is 474 g/mol. The van der Waals surface area contributed by atoms with Gasteiger partial charge in [0.15, 0.2) is 9.84 Å². The third-order valence-corrected chi connectivity index (χ3v) is 10.0. The Morgan fingerprint density at radius 3 is 2.22 bits per heavy atom. The van der Waals surface area contributed by atoms with Crippen molar-refractivity contribution in [3.05, 3.63) is 60.2 Å². The molecule has 2 fully saturated rings. The fraction of sp³-hybridized carbons (Fsp3) is 0.348. The third-order valence-electron chi connectivity index (χ3n) is 5.90. The fourth-order valence-electron chi connectivity index (χ4n) is 4.16. The molecule has 0 bridgehead atoms. The van der Waals surface area contributed by atoms with E-state index in [1.54, 1.807) is 42.5 Å². The number of rotatable bonds is 6. The number of carbonyl (C=O) groups excluding carboxylic acids is 1. The summed E-state index contributed by atoms with van der Waals surface area (Å²) >= 11 is 0. The second kappa shape index (κ2) is 9.07. The maximum absolute atomic E-state index is 12.6. The molecule has 0 atom stereocenters. The topological polar surface area (TPSA) is 101 Å². The number of sulfonamides is 1. The SMILES string of the molecule is O=C(/C=C/c1ccc(N2CCCS2(=O)=O)cc1)Nc1ccc(S(=O)(=O)C2CCCC2)cc1. The lowest BCUT2D eigenvalue weighted by Gasteiger charge is -2.16. The van der Waals surface area contributed by atoms with Crippen LogP contribution in [0.1, 0.15) is 37.7 Å². The van der Waals surface area contributed by atoms with Crippen LogP contribution in [0.15, 0.2) is 59.5 Å². The van der Waals surface area contributed by atoms with Crippen molar-refractivity contribution in [2.24, 2.45) is 0 Å². The smallest absolute Gasteiger partial charge is 0.248 e. The van der Waals surface area contributed by atoms with Crippen LogP contribution in [0.4, 0.5) is 11.4 Å². The zero-order chi connectivity index (χ0) is 22.8. The molecule has 1 aliphatic heterocycles. The molecule has 1 saturated heterocycles. The Labute approximate surface area is 189 Å². The summed E-state index contributed by atoms with van der Waals surface area (Å²) < 4.78 is 50.7. The molecule has 0 radical (unpaired) electrons. The first kappa shape index (κ1) is 22.5. The van der Waals surface area contributed by atoms with Gasteiger partial charge in [-0.25, -0.2) is 16.8 Å². The molecule has 32 heavy (non-hydrogen) atoms. The van der Waals surface area contributed by atoms with Gasteiger partial charge in [-0.05, 0) is 67.3 Å². The first-order valence-corrected chi connectivity index (χ1v) is 13.8. The molecule has 0 aromatic heterocycles. The van der Waals surface area contributed by atoms with Crippen molar-refractivity contribution in [3.63, 3.8) is 0 Å². The number of nitrogens with zero attached hydrogens (tertiary/aromatic N) is 1. The average molecular weight is 475 g/mol. The zero-order valence-electron chi connectivity index (χ0n) is 17.6. The summed E-state index contributed by atoms with van der Waals surface area (Å²) in [7, 11) is -6.53. The highest BCUT2D eigenvalue weighted by Crippen LogP contribution is 2.30. The normalized spacial score (nSPS) is 18.9. The molecule has 4 rings (SSSR count). The van der Waals surface area contributed by atoms with Crippen molar-refractivity contribution in [1.82, 2.24) is 0 Å². The van der Waals surface area contributed by atoms with Gasteiger partial charge in [0, 0.05) is 18.3 Å². The molecule has 2 aromatic carbocycles. The average Bonchev–Trinajstić information content (AvgIpc) is 3.43. The summed E-state index contributed by atoms with van der Waals surface area (Å²) in [5, 5.41) is 2.42. The van der Waals surface area contributed by atoms with Crippen LogP contribution in [0.5, 0.6) is 0 Å². The van der Waals surface area contributed by atoms with Crippen LogP contribution in [0.25, 0.3) is 6.08 Å². The second-order valence-electron chi connectivity index (χ2n) is 8.13. The van der Waals surface area contributed by atoms with Gasteiger partial charge in [0.1, 0.15) is 0 Å². The summed E-state index contributed by atoms with van der Waals surface area (Å²) in [5.41, 5.74) is 1.90. The maximum Gasteiger partial charge on any atom is 0.248 e. The van der Waals surface area contributed by atoms with Gasteiger partial charge in [0.05, 0.1) is 21.6 Å². The van der Waals surface area contributed by atoms with Crippen molar-refractivity contribution >= 4 is 43.2 Å². The van der Waals surface area contributed by atoms with E-state index in [0.29, 0.717) is 37.2 Å². The van der Waals surface area contributed by atoms with Crippen LogP contribution in [-0.4, -0.2) is 40.3 Å². The Balaban J connectivity index is 1.36. The van der Waals surface area contributed by atoms with Gasteiger partial charge < -0.3 is 5.32 Å². The summed E-state index contributed by atoms with van der Waals surface area (Å²) in [5.74, 6) is -0.176. The second-order valence-corrected chi connectivity index (χ2v) is 12.4. The largest absolute Gasteiger partial charge is 0.323 e. The minimum absolute atomic E-state index is 0.169. The predicted molar refractivity (Wildman–Crippen MR) is 126 cm³/mol. The number of benzene rings is 2. The van der Waals surface area contributed by atoms with E-state index < -0.39 is 19.9 Å². The molecule has 2 aromatic rings. The summed E-state index contributed by atoms with van der Waals surface area (Å²) in [6.07, 6.45) is 6.95. The van der Waals surface area contributed by atoms with Crippen LogP contribution in [0.2, 0.25) is 0 Å². The van der Waals surface area contributed by atoms with Crippen LogP contribution >= 0.6 is 0 Å². The first-order valence-electron chi connectivity index (χ1n) is 10.7. The molecule has 0 spiro atoms. The van der Waals surface area contributed by atoms with Crippen molar-refractivity contribution in [2.45, 2.75) is 42.2 Å². The molecule has 0 unspecified atom stereocenters. The van der Waals surface area contributed by atoms with Crippen LogP contribution in [0, 0.1) is 0 Å². The summed E-state index contributed by atoms with van der Waals surface area (Å²) in [6, 6.07) is 13.2. The van der Waals surface area contributed by atoms with E-state index in [1.807, 2.05) is 0 Å². The molecular formula is C23H26N2O5S2. The van der Waals surface area contributed by atoms with Gasteiger partial charge in [-0.3, -0.25) is 9.10 Å². The standard InChI is InChI=1S/C23H26N2O5S2/c26-23(15-8-18-6-11-20(12-7-18)25-16-3-17-31(25,27)28)24-19-9-13-22(14-10-19)32(29,30)21-4-1-2-5-21/h6-15,21H,1-5,16-17H2,(H,24,26)/b15-8+. The molecule has 2 aliphatic rings. The van der Waals surface area contributed by atoms with Crippen LogP contribution in [-0.2, 0) is 24.7 Å². The zero-order valence-corrected chi connectivity index (χ0v) is 19.2. The van der Waals surface area contributed by atoms with E-state index in [-0.39, 0.29) is 21.8 Å². The molecule has 1 aliphatic carbocycles. The minimum Gasteiger partial charge on any atom is -0.323 e. The molecular weight excluding hydrogens is 448 g/mol. The maximum atomic E-state index is 12.6. The first-order chi connectivity index (χ1) is 15.3. The molecule has 1 saturated carbocycles. The highest BCUT2D eigenvalue weighted by Gasteiger charge is 2.30. The summed E-state index contributed by atoms with van der Waals surface area (Å²) in [4.78, 5) is 12.5. The van der Waals surface area contributed by atoms with E-state index in [1.165, 1.54) is 22.5 Å². The van der Waals surface area contributed by atoms with Gasteiger partial charge in [-0.15, -0.1) is 0 Å². The Kier molecular flexibility index (Phi) is 6.39. The lowest BCUT2D eigenvalue weighted by Crippen LogP contribution is -2.24. The number of hydrogen-bond donors (Lipinski definition) is 1. The third kappa shape index (κ3) is 4.88. The highest BCUT2D eigenvalue weighted by molar-refractivity contribution is 7.93. The Morgan fingerprint density at radius 1 is 0.969 bits per heavy atom. The van der Waals surface area contributed by atoms with E-state index in [9.17, 15) is 21.6 Å². The van der Waals surface area contributed by atoms with Crippen molar-refractivity contribution in [2.75, 3.05) is 21.9 Å². The number of sulfone groups is 1. The molecule has 1 heterocycles. The number of anilines is 2. The molecule has 9 heteroatoms. The number of amides is 1. The lowest BCUT2D eigenvalue weighted by atomic mass is 10.2. The Bertz CT molecular complexity index is 1210. The van der Waals surface area contributed by atoms with E-state index in [0.717, 1.165) is 18.4 Å². The number of carbonyl (C=O) groups is 1. The molecule has 7 nitrogen and oxygen atoms in total. The van der Waals surface area contributed by atoms with E-state index >= 15 is 0 Å². The quantitative estimate of drug-likeness (QED) is 0.645. The Morgan fingerprint density at radius 2 is 1.62 bits per heavy atom. The van der Waals surface area contributed by atoms with Crippen molar-refractivity contribution < 1.29 is 21.6 Å². The highest BCUT2D eigenvalue weighted by atomic mass is 32.2. The Hall–Kier alpha value is -2.65. The molecule has 1 N–H and O–H groups in total. The van der Waals surface area contributed by atoms with Gasteiger partial charge in [-0.1, -0.05) is 25.0 Å². The van der Waals surface area contributed by atoms with Gasteiger partial charge in [0.25, 0.3) is 0 Å². The van der Waals surface area contributed by atoms with Crippen molar-refractivity contribution in [3.8, 4) is 0 Å². The van der Waals surface area contributed by atoms with Crippen LogP contribution < -0.4 is 9.62 Å². The summed E-state index contributed by atoms with van der Waals surface area (Å²) in [6.45, 7) is 0.487. The van der Waals surface area contributed by atoms with Crippen LogP contribution in [0.3, 0.4) is 0 Å². The molecule has 1 amide bonds.